The van der Waals surface area contributed by atoms with E-state index in [1.54, 1.807) is 42.7 Å². The Bertz CT molecular complexity index is 2460. The molecule has 4 atom stereocenters. The van der Waals surface area contributed by atoms with Gasteiger partial charge in [-0.1, -0.05) is 128 Å². The molecular weight excluding hydrogens is 1080 g/mol. The molecule has 2 aromatic carbocycles. The normalized spacial score (nSPS) is 18.1. The molecule has 2 fully saturated rings. The van der Waals surface area contributed by atoms with Gasteiger partial charge >= 0.3 is 18.3 Å². The number of alkyl carbamates (subject to hydrolysis) is 1. The van der Waals surface area contributed by atoms with E-state index < -0.39 is 87.3 Å². The zero-order valence-electron chi connectivity index (χ0n) is 46.3. The fourth-order valence-corrected chi connectivity index (χ4v) is 12.3. The first-order valence-electron chi connectivity index (χ1n) is 25.8. The smallest absolute Gasteiger partial charge is 0.416 e. The van der Waals surface area contributed by atoms with Crippen molar-refractivity contribution in [2.24, 2.45) is 11.3 Å². The van der Waals surface area contributed by atoms with Crippen molar-refractivity contribution in [2.75, 3.05) is 43.6 Å². The number of amides is 6. The summed E-state index contributed by atoms with van der Waals surface area (Å²) in [5, 5.41) is 18.8. The Morgan fingerprint density at radius 3 is 2.12 bits per heavy atom. The molecule has 23 heteroatoms. The van der Waals surface area contributed by atoms with Gasteiger partial charge in [-0.3, -0.25) is 14.4 Å². The molecule has 1 saturated heterocycles. The first kappa shape index (κ1) is 62.1. The van der Waals surface area contributed by atoms with Gasteiger partial charge in [-0.05, 0) is 96.8 Å². The van der Waals surface area contributed by atoms with Crippen LogP contribution in [0.3, 0.4) is 0 Å². The van der Waals surface area contributed by atoms with Gasteiger partial charge in [-0.25, -0.2) is 19.3 Å². The van der Waals surface area contributed by atoms with E-state index in [4.69, 9.17) is 58.2 Å². The standard InChI is InChI=1S/C53H79Cl3N6O12Si2/c1-15-26-71-47(67)59-42(33(2)3)44(65)58-37(18-16-17-25-61(75(11,12)50(4,5)6)48(68)73-32-53(54,55)56)43(64)57-35-21-19-34(20-22-35)30-72-49(69)62-38-28-40(63)41(70-10)27-36(38)45(66)60-31-52(23-24-52)29-39(60)46(62)74-76(13,14)51(7,8)9/h15,19-22,27-28,33,37,39,42,46,63H,1,16-18,23-26,29-32H2,2-14H3,(H,57,64)(H,58,65)(H,59,67)/t37-,39-,42-,46-/m0/s1. The molecule has 3 aliphatic rings. The van der Waals surface area contributed by atoms with Crippen LogP contribution in [0.4, 0.5) is 25.8 Å². The lowest BCUT2D eigenvalue weighted by molar-refractivity contribution is -0.128. The fraction of sp³-hybridized carbons (Fsp3) is 0.623. The monoisotopic (exact) mass is 1150 g/mol. The number of fused-ring (bicyclic) bond motifs is 2. The molecule has 422 valence electrons. The average molecular weight is 1150 g/mol. The lowest BCUT2D eigenvalue weighted by Gasteiger charge is -2.45. The second-order valence-corrected chi connectivity index (χ2v) is 36.0. The SMILES string of the molecule is C=CCOC(=O)N[C@H](C(=O)N[C@@H](CCCCN(C(=O)OCC(Cl)(Cl)Cl)[Si](C)(C)C(C)(C)C)C(=O)Nc1ccc(COC(=O)N2c3cc(O)c(OC)cc3C(=O)N3CC4(CC4)C[C@H]3[C@@H]2O[Si](C)(C)C(C)(C)C)cc1)C(C)C. The number of hydrogen-bond acceptors (Lipinski definition) is 12. The lowest BCUT2D eigenvalue weighted by atomic mass is 10.0. The molecule has 0 radical (unpaired) electrons. The third kappa shape index (κ3) is 15.3. The number of halogens is 3. The number of phenols is 1. The number of ether oxygens (including phenoxy) is 4. The highest BCUT2D eigenvalue weighted by molar-refractivity contribution is 6.79. The van der Waals surface area contributed by atoms with Gasteiger partial charge in [0.2, 0.25) is 15.6 Å². The molecule has 2 heterocycles. The Hall–Kier alpha value is -4.74. The second kappa shape index (κ2) is 24.5. The molecule has 4 N–H and O–H groups in total. The molecule has 5 rings (SSSR count). The molecule has 1 spiro atoms. The number of carbonyl (C=O) groups is 6. The number of unbranched alkanes of at least 4 members (excludes halogenated alkanes) is 1. The minimum atomic E-state index is -2.63. The number of aromatic hydroxyl groups is 1. The number of nitrogens with zero attached hydrogens (tertiary/aromatic N) is 3. The highest BCUT2D eigenvalue weighted by Gasteiger charge is 2.60. The van der Waals surface area contributed by atoms with Crippen LogP contribution in [0.15, 0.2) is 49.1 Å². The summed E-state index contributed by atoms with van der Waals surface area (Å²) < 4.78 is 29.0. The average Bonchev–Trinajstić information content (AvgIpc) is 3.99. The minimum Gasteiger partial charge on any atom is -0.504 e. The fourth-order valence-electron chi connectivity index (χ4n) is 8.82. The first-order valence-corrected chi connectivity index (χ1v) is 32.8. The van der Waals surface area contributed by atoms with Crippen LogP contribution in [-0.2, 0) is 34.8 Å². The van der Waals surface area contributed by atoms with Crippen LogP contribution in [0.5, 0.6) is 11.5 Å². The molecule has 0 aromatic heterocycles. The number of phenolic OH excluding ortho intramolecular Hbond substituents is 1. The van der Waals surface area contributed by atoms with Crippen molar-refractivity contribution < 1.29 is 57.2 Å². The van der Waals surface area contributed by atoms with E-state index in [-0.39, 0.29) is 70.3 Å². The van der Waals surface area contributed by atoms with Crippen LogP contribution in [0, 0.1) is 11.3 Å². The Morgan fingerprint density at radius 1 is 0.921 bits per heavy atom. The van der Waals surface area contributed by atoms with Crippen molar-refractivity contribution in [2.45, 2.75) is 165 Å². The third-order valence-electron chi connectivity index (χ3n) is 15.5. The summed E-state index contributed by atoms with van der Waals surface area (Å²) in [6.07, 6.45) is 1.73. The summed E-state index contributed by atoms with van der Waals surface area (Å²) in [5.74, 6) is -2.02. The number of methoxy groups -OCH3 is 1. The molecule has 18 nitrogen and oxygen atoms in total. The summed E-state index contributed by atoms with van der Waals surface area (Å²) in [5.41, 5.74) is 1.20. The van der Waals surface area contributed by atoms with E-state index in [1.165, 1.54) is 30.2 Å². The Labute approximate surface area is 465 Å². The third-order valence-corrected chi connectivity index (χ3v) is 25.7. The summed E-state index contributed by atoms with van der Waals surface area (Å²) in [6, 6.07) is 6.78. The van der Waals surface area contributed by atoms with Crippen molar-refractivity contribution in [3.8, 4) is 11.5 Å². The van der Waals surface area contributed by atoms with E-state index in [2.05, 4.69) is 56.4 Å². The van der Waals surface area contributed by atoms with E-state index >= 15 is 0 Å². The minimum absolute atomic E-state index is 0.0551. The lowest BCUT2D eigenvalue weighted by Crippen LogP contribution is -2.58. The van der Waals surface area contributed by atoms with Crippen molar-refractivity contribution in [1.29, 1.82) is 0 Å². The Morgan fingerprint density at radius 2 is 1.57 bits per heavy atom. The largest absolute Gasteiger partial charge is 0.504 e. The number of anilines is 2. The van der Waals surface area contributed by atoms with Crippen LogP contribution in [0.1, 0.15) is 110 Å². The number of alkyl halides is 3. The van der Waals surface area contributed by atoms with Gasteiger partial charge in [-0.15, -0.1) is 0 Å². The summed E-state index contributed by atoms with van der Waals surface area (Å²) in [6.45, 7) is 27.8. The molecule has 6 amide bonds. The predicted octanol–water partition coefficient (Wildman–Crippen LogP) is 11.2. The number of carbonyl (C=O) groups excluding carboxylic acids is 6. The second-order valence-electron chi connectivity index (χ2n) is 23.6. The zero-order valence-corrected chi connectivity index (χ0v) is 50.6. The molecule has 2 aliphatic heterocycles. The van der Waals surface area contributed by atoms with Gasteiger partial charge in [0.15, 0.2) is 34.3 Å². The Kier molecular flexibility index (Phi) is 20.0. The maximum absolute atomic E-state index is 14.7. The molecule has 76 heavy (non-hydrogen) atoms. The quantitative estimate of drug-likeness (QED) is 0.0320. The van der Waals surface area contributed by atoms with Crippen LogP contribution < -0.4 is 25.6 Å². The topological polar surface area (TPSA) is 215 Å². The van der Waals surface area contributed by atoms with Crippen LogP contribution in [0.2, 0.25) is 36.3 Å². The number of benzene rings is 2. The summed E-state index contributed by atoms with van der Waals surface area (Å²) >= 11 is 17.7. The van der Waals surface area contributed by atoms with Crippen molar-refractivity contribution in [3.05, 3.63) is 60.2 Å². The van der Waals surface area contributed by atoms with Crippen LogP contribution >= 0.6 is 34.8 Å². The van der Waals surface area contributed by atoms with Crippen LogP contribution in [-0.4, -0.2) is 129 Å². The zero-order chi connectivity index (χ0) is 56.9. The van der Waals surface area contributed by atoms with Crippen LogP contribution in [0.25, 0.3) is 0 Å². The highest BCUT2D eigenvalue weighted by atomic mass is 35.6. The molecule has 1 saturated carbocycles. The number of rotatable bonds is 20. The summed E-state index contributed by atoms with van der Waals surface area (Å²) in [7, 11) is -3.78. The molecule has 1 aliphatic carbocycles. The van der Waals surface area contributed by atoms with E-state index in [9.17, 15) is 33.9 Å². The van der Waals surface area contributed by atoms with Gasteiger partial charge in [0, 0.05) is 24.8 Å². The highest BCUT2D eigenvalue weighted by Crippen LogP contribution is 2.58. The van der Waals surface area contributed by atoms with E-state index in [0.29, 0.717) is 37.1 Å². The van der Waals surface area contributed by atoms with Crippen molar-refractivity contribution in [1.82, 2.24) is 20.1 Å². The van der Waals surface area contributed by atoms with Gasteiger partial charge in [0.05, 0.1) is 24.4 Å². The van der Waals surface area contributed by atoms with E-state index in [1.807, 2.05) is 38.8 Å². The van der Waals surface area contributed by atoms with Gasteiger partial charge in [0.1, 0.15) is 31.9 Å². The summed E-state index contributed by atoms with van der Waals surface area (Å²) in [4.78, 5) is 86.6. The Balaban J connectivity index is 1.37. The number of hydrogen-bond donors (Lipinski definition) is 4. The predicted molar refractivity (Wildman–Crippen MR) is 300 cm³/mol. The van der Waals surface area contributed by atoms with Crippen molar-refractivity contribution in [3.63, 3.8) is 0 Å². The maximum Gasteiger partial charge on any atom is 0.416 e. The molecular formula is C53H79Cl3N6O12Si2. The van der Waals surface area contributed by atoms with E-state index in [0.717, 1.165) is 12.8 Å². The maximum atomic E-state index is 14.7. The van der Waals surface area contributed by atoms with Gasteiger partial charge in [0.25, 0.3) is 5.91 Å². The van der Waals surface area contributed by atoms with Gasteiger partial charge < -0.3 is 53.9 Å². The first-order chi connectivity index (χ1) is 35.2. The number of nitrogens with one attached hydrogen (secondary N) is 3. The molecule has 2 aromatic rings. The molecule has 0 bridgehead atoms. The van der Waals surface area contributed by atoms with Crippen molar-refractivity contribution >= 4 is 98.7 Å². The molecule has 0 unspecified atom stereocenters. The van der Waals surface area contributed by atoms with Gasteiger partial charge in [-0.2, -0.15) is 0 Å².